The fraction of sp³-hybridized carbons (Fsp3) is 0.588. The van der Waals surface area contributed by atoms with Crippen molar-refractivity contribution in [1.82, 2.24) is 24.9 Å². The quantitative estimate of drug-likeness (QED) is 0.724. The van der Waals surface area contributed by atoms with Crippen LogP contribution in [0, 0.1) is 0 Å². The van der Waals surface area contributed by atoms with Crippen LogP contribution >= 0.6 is 11.3 Å². The molecule has 4 rings (SSSR count). The van der Waals surface area contributed by atoms with E-state index in [9.17, 15) is 5.11 Å². The van der Waals surface area contributed by atoms with Gasteiger partial charge in [-0.2, -0.15) is 0 Å². The minimum Gasteiger partial charge on any atom is -0.395 e. The average Bonchev–Trinajstić information content (AvgIpc) is 3.15. The van der Waals surface area contributed by atoms with E-state index in [0.717, 1.165) is 28.7 Å². The van der Waals surface area contributed by atoms with Crippen LogP contribution in [0.25, 0.3) is 15.9 Å². The van der Waals surface area contributed by atoms with E-state index in [0.29, 0.717) is 19.0 Å². The first kappa shape index (κ1) is 16.8. The average molecular weight is 361 g/mol. The van der Waals surface area contributed by atoms with Gasteiger partial charge in [0, 0.05) is 17.3 Å². The normalized spacial score (nSPS) is 17.9. The van der Waals surface area contributed by atoms with Gasteiger partial charge < -0.3 is 15.2 Å². The molecule has 0 fully saturated rings. The van der Waals surface area contributed by atoms with E-state index in [1.807, 2.05) is 6.92 Å². The van der Waals surface area contributed by atoms with Crippen molar-refractivity contribution in [1.29, 1.82) is 0 Å². The summed E-state index contributed by atoms with van der Waals surface area (Å²) in [4.78, 5) is 11.5. The van der Waals surface area contributed by atoms with Crippen LogP contribution in [-0.2, 0) is 24.3 Å². The lowest BCUT2D eigenvalue weighted by Crippen LogP contribution is -2.31. The number of aliphatic hydroxyl groups is 1. The number of rotatable bonds is 5. The van der Waals surface area contributed by atoms with Gasteiger partial charge in [0.15, 0.2) is 11.5 Å². The second-order valence-corrected chi connectivity index (χ2v) is 8.20. The lowest BCUT2D eigenvalue weighted by molar-refractivity contribution is -0.0379. The number of aliphatic hydroxyl groups excluding tert-OH is 1. The third-order valence-corrected chi connectivity index (χ3v) is 5.83. The summed E-state index contributed by atoms with van der Waals surface area (Å²) in [5.41, 5.74) is 1.98. The highest BCUT2D eigenvalue weighted by Crippen LogP contribution is 2.39. The summed E-state index contributed by atoms with van der Waals surface area (Å²) < 4.78 is 7.69. The molecule has 1 atom stereocenters. The van der Waals surface area contributed by atoms with Crippen molar-refractivity contribution in [3.8, 4) is 0 Å². The van der Waals surface area contributed by atoms with Gasteiger partial charge in [-0.05, 0) is 25.8 Å². The van der Waals surface area contributed by atoms with Crippen molar-refractivity contribution < 1.29 is 9.84 Å². The topological polar surface area (TPSA) is 84.6 Å². The molecule has 0 bridgehead atoms. The Morgan fingerprint density at radius 1 is 1.48 bits per heavy atom. The molecule has 4 heterocycles. The van der Waals surface area contributed by atoms with Crippen LogP contribution in [-0.4, -0.2) is 42.9 Å². The second kappa shape index (κ2) is 6.28. The van der Waals surface area contributed by atoms with Crippen molar-refractivity contribution in [3.63, 3.8) is 0 Å². The highest BCUT2D eigenvalue weighted by molar-refractivity contribution is 7.19. The molecule has 0 unspecified atom stereocenters. The van der Waals surface area contributed by atoms with Crippen LogP contribution in [0.4, 0.5) is 0 Å². The third-order valence-electron chi connectivity index (χ3n) is 4.71. The van der Waals surface area contributed by atoms with E-state index in [1.54, 1.807) is 22.2 Å². The van der Waals surface area contributed by atoms with Crippen LogP contribution in [0.3, 0.4) is 0 Å². The molecule has 0 aromatic carbocycles. The lowest BCUT2D eigenvalue weighted by Gasteiger charge is -2.30. The van der Waals surface area contributed by atoms with Crippen molar-refractivity contribution in [2.75, 3.05) is 6.61 Å². The predicted octanol–water partition coefficient (Wildman–Crippen LogP) is 2.05. The van der Waals surface area contributed by atoms with E-state index in [4.69, 9.17) is 9.72 Å². The Labute approximate surface area is 150 Å². The van der Waals surface area contributed by atoms with Crippen molar-refractivity contribution >= 4 is 27.2 Å². The summed E-state index contributed by atoms with van der Waals surface area (Å²) in [6, 6.07) is 0.0663. The maximum Gasteiger partial charge on any atom is 0.168 e. The van der Waals surface area contributed by atoms with Crippen LogP contribution in [0.15, 0.2) is 6.33 Å². The van der Waals surface area contributed by atoms with Crippen LogP contribution in [0.5, 0.6) is 0 Å². The number of hydrogen-bond donors (Lipinski definition) is 2. The second-order valence-electron chi connectivity index (χ2n) is 7.12. The number of nitrogens with zero attached hydrogens (tertiary/aromatic N) is 4. The first-order valence-electron chi connectivity index (χ1n) is 8.63. The molecule has 3 aromatic heterocycles. The Morgan fingerprint density at radius 2 is 2.32 bits per heavy atom. The summed E-state index contributed by atoms with van der Waals surface area (Å²) in [6.45, 7) is 7.55. The molecule has 2 N–H and O–H groups in total. The molecular formula is C17H23N5O2S. The lowest BCUT2D eigenvalue weighted by atomic mass is 9.94. The SMILES string of the molecule is CC[C@H](CO)NCc1nc2c3c4c(sc3ncn2n1)COC(C)(C)C4. The fourth-order valence-electron chi connectivity index (χ4n) is 3.23. The van der Waals surface area contributed by atoms with Gasteiger partial charge in [0.1, 0.15) is 11.2 Å². The van der Waals surface area contributed by atoms with Crippen molar-refractivity contribution in [2.24, 2.45) is 0 Å². The minimum absolute atomic E-state index is 0.0663. The van der Waals surface area contributed by atoms with E-state index in [2.05, 4.69) is 29.2 Å². The highest BCUT2D eigenvalue weighted by Gasteiger charge is 2.30. The van der Waals surface area contributed by atoms with Gasteiger partial charge in [0.2, 0.25) is 0 Å². The summed E-state index contributed by atoms with van der Waals surface area (Å²) in [5.74, 6) is 0.715. The maximum atomic E-state index is 9.31. The molecule has 0 spiro atoms. The van der Waals surface area contributed by atoms with Crippen LogP contribution in [0.2, 0.25) is 0 Å². The Hall–Kier alpha value is -1.61. The van der Waals surface area contributed by atoms with E-state index in [1.165, 1.54) is 10.4 Å². The number of fused-ring (bicyclic) bond motifs is 5. The molecule has 1 aliphatic rings. The first-order valence-corrected chi connectivity index (χ1v) is 9.45. The molecule has 134 valence electrons. The molecule has 0 saturated carbocycles. The van der Waals surface area contributed by atoms with Gasteiger partial charge in [-0.25, -0.2) is 14.5 Å². The number of thiophene rings is 1. The van der Waals surface area contributed by atoms with E-state index >= 15 is 0 Å². The monoisotopic (exact) mass is 361 g/mol. The molecule has 0 amide bonds. The predicted molar refractivity (Wildman–Crippen MR) is 96.7 cm³/mol. The number of nitrogens with one attached hydrogen (secondary N) is 1. The fourth-order valence-corrected chi connectivity index (χ4v) is 4.30. The summed E-state index contributed by atoms with van der Waals surface area (Å²) in [6.07, 6.45) is 3.45. The summed E-state index contributed by atoms with van der Waals surface area (Å²) in [7, 11) is 0. The van der Waals surface area contributed by atoms with Gasteiger partial charge in [0.05, 0.1) is 30.7 Å². The van der Waals surface area contributed by atoms with Crippen LogP contribution < -0.4 is 5.32 Å². The summed E-state index contributed by atoms with van der Waals surface area (Å²) in [5, 5.41) is 18.2. The van der Waals surface area contributed by atoms with Gasteiger partial charge in [-0.15, -0.1) is 16.4 Å². The number of aromatic nitrogens is 4. The molecule has 25 heavy (non-hydrogen) atoms. The molecular weight excluding hydrogens is 338 g/mol. The van der Waals surface area contributed by atoms with Gasteiger partial charge in [-0.1, -0.05) is 6.92 Å². The Morgan fingerprint density at radius 3 is 3.08 bits per heavy atom. The van der Waals surface area contributed by atoms with Gasteiger partial charge in [0.25, 0.3) is 0 Å². The zero-order valence-electron chi connectivity index (χ0n) is 14.7. The molecule has 3 aromatic rings. The van der Waals surface area contributed by atoms with Gasteiger partial charge in [-0.3, -0.25) is 0 Å². The Bertz CT molecular complexity index is 913. The Kier molecular flexibility index (Phi) is 4.23. The van der Waals surface area contributed by atoms with Crippen molar-refractivity contribution in [3.05, 3.63) is 22.6 Å². The molecule has 0 aliphatic carbocycles. The standard InChI is InChI=1S/C17H23N5O2S/c1-4-10(7-23)18-6-13-20-15-14-11-5-17(2,3)24-8-12(11)25-16(14)19-9-22(15)21-13/h9-10,18,23H,4-8H2,1-3H3/t10-/m1/s1. The largest absolute Gasteiger partial charge is 0.395 e. The highest BCUT2D eigenvalue weighted by atomic mass is 32.1. The first-order chi connectivity index (χ1) is 12.0. The van der Waals surface area contributed by atoms with Crippen LogP contribution in [0.1, 0.15) is 43.5 Å². The zero-order valence-corrected chi connectivity index (χ0v) is 15.6. The zero-order chi connectivity index (χ0) is 17.6. The third kappa shape index (κ3) is 3.03. The molecule has 8 heteroatoms. The molecule has 1 aliphatic heterocycles. The van der Waals surface area contributed by atoms with E-state index < -0.39 is 0 Å². The molecule has 7 nitrogen and oxygen atoms in total. The number of hydrogen-bond acceptors (Lipinski definition) is 7. The molecule has 0 saturated heterocycles. The molecule has 0 radical (unpaired) electrons. The van der Waals surface area contributed by atoms with Crippen molar-refractivity contribution in [2.45, 2.75) is 58.4 Å². The number of ether oxygens (including phenoxy) is 1. The smallest absolute Gasteiger partial charge is 0.168 e. The maximum absolute atomic E-state index is 9.31. The Balaban J connectivity index is 1.75. The van der Waals surface area contributed by atoms with Gasteiger partial charge >= 0.3 is 0 Å². The summed E-state index contributed by atoms with van der Waals surface area (Å²) >= 11 is 1.68. The van der Waals surface area contributed by atoms with E-state index in [-0.39, 0.29) is 18.2 Å². The minimum atomic E-state index is -0.173.